The summed E-state index contributed by atoms with van der Waals surface area (Å²) in [5.74, 6) is 0.546. The summed E-state index contributed by atoms with van der Waals surface area (Å²) in [6.45, 7) is 2.89. The summed E-state index contributed by atoms with van der Waals surface area (Å²) in [5, 5.41) is 21.7. The van der Waals surface area contributed by atoms with Gasteiger partial charge in [0.1, 0.15) is 18.5 Å². The van der Waals surface area contributed by atoms with Gasteiger partial charge in [-0.15, -0.1) is 0 Å². The van der Waals surface area contributed by atoms with Crippen LogP contribution in [0, 0.1) is 11.3 Å². The van der Waals surface area contributed by atoms with E-state index in [0.717, 1.165) is 24.2 Å². The third-order valence-corrected chi connectivity index (χ3v) is 4.51. The summed E-state index contributed by atoms with van der Waals surface area (Å²) < 4.78 is 5.89. The maximum atomic E-state index is 11.0. The average molecular weight is 382 g/mol. The molecule has 1 fully saturated rings. The number of hydrogen-bond acceptors (Lipinski definition) is 7. The molecule has 0 spiro atoms. The van der Waals surface area contributed by atoms with E-state index in [-0.39, 0.29) is 17.5 Å². The molecule has 3 rings (SSSR count). The Bertz CT molecular complexity index is 857. The number of aromatic nitrogens is 3. The Kier molecular flexibility index (Phi) is 6.22. The molecule has 9 nitrogen and oxygen atoms in total. The van der Waals surface area contributed by atoms with E-state index < -0.39 is 6.09 Å². The maximum absolute atomic E-state index is 11.0. The number of hydrogen-bond donors (Lipinski definition) is 2. The number of ether oxygens (including phenoxy) is 1. The highest BCUT2D eigenvalue weighted by Gasteiger charge is 2.25. The molecular formula is C19H22N6O3. The van der Waals surface area contributed by atoms with Crippen molar-refractivity contribution in [3.05, 3.63) is 35.9 Å². The summed E-state index contributed by atoms with van der Waals surface area (Å²) in [5.41, 5.74) is 1.93. The predicted octanol–water partition coefficient (Wildman–Crippen LogP) is 2.96. The number of anilines is 2. The molecule has 0 aliphatic carbocycles. The predicted molar refractivity (Wildman–Crippen MR) is 102 cm³/mol. The molecule has 0 aromatic carbocycles. The molecule has 0 radical (unpaired) electrons. The highest BCUT2D eigenvalue weighted by molar-refractivity contribution is 5.65. The molecule has 146 valence electrons. The van der Waals surface area contributed by atoms with Crippen LogP contribution >= 0.6 is 0 Å². The van der Waals surface area contributed by atoms with Crippen molar-refractivity contribution in [2.24, 2.45) is 0 Å². The van der Waals surface area contributed by atoms with Gasteiger partial charge in [0.05, 0.1) is 11.9 Å². The Hall–Kier alpha value is -3.41. The molecule has 1 amide bonds. The van der Waals surface area contributed by atoms with E-state index in [1.54, 1.807) is 6.20 Å². The number of rotatable bonds is 6. The normalized spacial score (nSPS) is 14.4. The fourth-order valence-electron chi connectivity index (χ4n) is 3.02. The molecular weight excluding hydrogens is 360 g/mol. The van der Waals surface area contributed by atoms with Crippen molar-refractivity contribution in [3.8, 4) is 11.9 Å². The van der Waals surface area contributed by atoms with Crippen molar-refractivity contribution in [3.63, 3.8) is 0 Å². The molecule has 0 bridgehead atoms. The Labute approximate surface area is 163 Å². The van der Waals surface area contributed by atoms with Crippen LogP contribution in [-0.4, -0.2) is 50.2 Å². The van der Waals surface area contributed by atoms with Gasteiger partial charge in [0.15, 0.2) is 11.4 Å². The number of nitrogens with one attached hydrogen (secondary N) is 1. The number of aryl methyl sites for hydroxylation is 1. The van der Waals surface area contributed by atoms with E-state index in [2.05, 4.69) is 33.3 Å². The number of nitrogens with zero attached hydrogens (tertiary/aromatic N) is 5. The zero-order valence-electron chi connectivity index (χ0n) is 15.6. The van der Waals surface area contributed by atoms with Gasteiger partial charge in [-0.3, -0.25) is 4.98 Å². The first-order valence-electron chi connectivity index (χ1n) is 9.22. The second-order valence-electron chi connectivity index (χ2n) is 6.51. The second kappa shape index (κ2) is 8.99. The Morgan fingerprint density at radius 1 is 1.36 bits per heavy atom. The quantitative estimate of drug-likeness (QED) is 0.781. The Balaban J connectivity index is 1.70. The summed E-state index contributed by atoms with van der Waals surface area (Å²) in [6.07, 6.45) is 4.95. The first-order chi connectivity index (χ1) is 13.6. The van der Waals surface area contributed by atoms with Gasteiger partial charge in [-0.25, -0.2) is 14.8 Å². The number of likely N-dealkylation sites (tertiary alicyclic amines) is 1. The fourth-order valence-corrected chi connectivity index (χ4v) is 3.02. The molecule has 3 heterocycles. The van der Waals surface area contributed by atoms with Crippen LogP contribution in [0.15, 0.2) is 24.7 Å². The van der Waals surface area contributed by atoms with Crippen LogP contribution in [0.4, 0.5) is 16.3 Å². The van der Waals surface area contributed by atoms with Gasteiger partial charge in [0.25, 0.3) is 0 Å². The van der Waals surface area contributed by atoms with E-state index in [4.69, 9.17) is 9.84 Å². The van der Waals surface area contributed by atoms with Crippen LogP contribution in [0.2, 0.25) is 0 Å². The lowest BCUT2D eigenvalue weighted by molar-refractivity contribution is 0.0869. The maximum Gasteiger partial charge on any atom is 0.407 e. The van der Waals surface area contributed by atoms with Gasteiger partial charge in [-0.05, 0) is 18.6 Å². The summed E-state index contributed by atoms with van der Waals surface area (Å²) in [6, 6.07) is 5.92. The number of nitriles is 1. The van der Waals surface area contributed by atoms with Gasteiger partial charge in [0.2, 0.25) is 5.88 Å². The van der Waals surface area contributed by atoms with E-state index >= 15 is 0 Å². The molecule has 9 heteroatoms. The first-order valence-corrected chi connectivity index (χ1v) is 9.22. The zero-order chi connectivity index (χ0) is 19.9. The average Bonchev–Trinajstić information content (AvgIpc) is 2.70. The monoisotopic (exact) mass is 382 g/mol. The van der Waals surface area contributed by atoms with Gasteiger partial charge >= 0.3 is 6.09 Å². The minimum absolute atomic E-state index is 0.194. The fraction of sp³-hybridized carbons (Fsp3) is 0.421. The lowest BCUT2D eigenvalue weighted by atomic mass is 10.1. The van der Waals surface area contributed by atoms with Crippen molar-refractivity contribution in [2.75, 3.05) is 18.4 Å². The van der Waals surface area contributed by atoms with Gasteiger partial charge in [0, 0.05) is 31.6 Å². The summed E-state index contributed by atoms with van der Waals surface area (Å²) in [4.78, 5) is 25.0. The van der Waals surface area contributed by atoms with Crippen molar-refractivity contribution < 1.29 is 14.6 Å². The molecule has 2 N–H and O–H groups in total. The summed E-state index contributed by atoms with van der Waals surface area (Å²) in [7, 11) is 0. The molecule has 1 aliphatic rings. The topological polar surface area (TPSA) is 124 Å². The first kappa shape index (κ1) is 19.4. The number of amides is 1. The Morgan fingerprint density at radius 2 is 2.14 bits per heavy atom. The van der Waals surface area contributed by atoms with Crippen molar-refractivity contribution in [2.45, 2.75) is 38.7 Å². The molecule has 0 unspecified atom stereocenters. The molecule has 0 atom stereocenters. The van der Waals surface area contributed by atoms with Gasteiger partial charge in [-0.2, -0.15) is 5.26 Å². The minimum Gasteiger partial charge on any atom is -0.473 e. The SMILES string of the molecule is CCCc1ccc(Nc2ncnc(OC3CCN(C(=O)O)CC3)c2C#N)cn1. The largest absolute Gasteiger partial charge is 0.473 e. The van der Waals surface area contributed by atoms with Gasteiger partial charge < -0.3 is 20.1 Å². The lowest BCUT2D eigenvalue weighted by Gasteiger charge is -2.30. The minimum atomic E-state index is -0.928. The third kappa shape index (κ3) is 4.65. The number of piperidine rings is 1. The molecule has 2 aromatic rings. The van der Waals surface area contributed by atoms with Crippen LogP contribution in [-0.2, 0) is 6.42 Å². The second-order valence-corrected chi connectivity index (χ2v) is 6.51. The Morgan fingerprint density at radius 3 is 2.75 bits per heavy atom. The van der Waals surface area contributed by atoms with E-state index in [1.165, 1.54) is 11.2 Å². The summed E-state index contributed by atoms with van der Waals surface area (Å²) >= 11 is 0. The van der Waals surface area contributed by atoms with E-state index in [1.807, 2.05) is 12.1 Å². The van der Waals surface area contributed by atoms with Gasteiger partial charge in [-0.1, -0.05) is 13.3 Å². The molecule has 1 saturated heterocycles. The van der Waals surface area contributed by atoms with Crippen molar-refractivity contribution >= 4 is 17.6 Å². The molecule has 1 aliphatic heterocycles. The number of carboxylic acid groups (broad SMARTS) is 1. The smallest absolute Gasteiger partial charge is 0.407 e. The highest BCUT2D eigenvalue weighted by atomic mass is 16.5. The van der Waals surface area contributed by atoms with Crippen LogP contribution in [0.3, 0.4) is 0 Å². The van der Waals surface area contributed by atoms with Crippen LogP contribution in [0.5, 0.6) is 5.88 Å². The molecule has 2 aromatic heterocycles. The number of pyridine rings is 1. The third-order valence-electron chi connectivity index (χ3n) is 4.51. The zero-order valence-corrected chi connectivity index (χ0v) is 15.6. The highest BCUT2D eigenvalue weighted by Crippen LogP contribution is 2.26. The molecule has 28 heavy (non-hydrogen) atoms. The molecule has 0 saturated carbocycles. The number of carbonyl (C=O) groups is 1. The van der Waals surface area contributed by atoms with Crippen molar-refractivity contribution in [1.29, 1.82) is 5.26 Å². The van der Waals surface area contributed by atoms with Crippen LogP contribution < -0.4 is 10.1 Å². The van der Waals surface area contributed by atoms with Crippen LogP contribution in [0.25, 0.3) is 0 Å². The van der Waals surface area contributed by atoms with E-state index in [0.29, 0.717) is 31.7 Å². The van der Waals surface area contributed by atoms with E-state index in [9.17, 15) is 10.1 Å². The standard InChI is InChI=1S/C19H22N6O3/c1-2-3-13-4-5-14(11-21-13)24-17-16(10-20)18(23-12-22-17)28-15-6-8-25(9-7-15)19(26)27/h4-5,11-12,15H,2-3,6-9H2,1H3,(H,26,27)(H,22,23,24). The lowest BCUT2D eigenvalue weighted by Crippen LogP contribution is -2.41. The van der Waals surface area contributed by atoms with Crippen molar-refractivity contribution in [1.82, 2.24) is 19.9 Å². The van der Waals surface area contributed by atoms with Crippen LogP contribution in [0.1, 0.15) is 37.4 Å².